The number of carbonyl (C=O) groups is 1. The van der Waals surface area contributed by atoms with Gasteiger partial charge in [-0.05, 0) is 30.5 Å². The zero-order valence-electron chi connectivity index (χ0n) is 17.9. The Bertz CT molecular complexity index is 992. The number of benzene rings is 1. The smallest absolute Gasteiger partial charge is 0.410 e. The highest BCUT2D eigenvalue weighted by Crippen LogP contribution is 2.22. The fourth-order valence-electron chi connectivity index (χ4n) is 3.67. The molecule has 1 aliphatic heterocycles. The van der Waals surface area contributed by atoms with E-state index in [1.165, 1.54) is 0 Å². The lowest BCUT2D eigenvalue weighted by molar-refractivity contribution is 0.0944. The average Bonchev–Trinajstić information content (AvgIpc) is 3.03. The first kappa shape index (κ1) is 21.2. The van der Waals surface area contributed by atoms with Crippen LogP contribution in [0.3, 0.4) is 0 Å². The first-order valence-corrected chi connectivity index (χ1v) is 10.9. The van der Waals surface area contributed by atoms with Gasteiger partial charge in [0.25, 0.3) is 0 Å². The molecule has 0 bridgehead atoms. The quantitative estimate of drug-likeness (QED) is 0.725. The molecule has 1 fully saturated rings. The molecular formula is C24H29N3O4. The van der Waals surface area contributed by atoms with Crippen molar-refractivity contribution in [2.24, 2.45) is 0 Å². The SMILES string of the molecule is CCc1nc2cc(OCCC3CN(C(=O)OCC4=CC=CC=CC4)CCN3)ccc2o1. The van der Waals surface area contributed by atoms with Crippen LogP contribution >= 0.6 is 0 Å². The van der Waals surface area contributed by atoms with Gasteiger partial charge in [0.1, 0.15) is 17.9 Å². The van der Waals surface area contributed by atoms with Crippen LogP contribution in [0.15, 0.2) is 58.6 Å². The van der Waals surface area contributed by atoms with Gasteiger partial charge in [0.05, 0.1) is 6.61 Å². The van der Waals surface area contributed by atoms with E-state index in [0.717, 1.165) is 54.1 Å². The molecule has 1 saturated heterocycles. The Hall–Kier alpha value is -3.06. The minimum atomic E-state index is -0.256. The first-order valence-electron chi connectivity index (χ1n) is 10.9. The molecule has 164 valence electrons. The molecule has 31 heavy (non-hydrogen) atoms. The number of oxazole rings is 1. The molecule has 1 amide bonds. The van der Waals surface area contributed by atoms with Gasteiger partial charge >= 0.3 is 6.09 Å². The lowest BCUT2D eigenvalue weighted by Gasteiger charge is -2.33. The van der Waals surface area contributed by atoms with E-state index in [1.807, 2.05) is 49.4 Å². The number of allylic oxidation sites excluding steroid dienone is 5. The second kappa shape index (κ2) is 10.3. The van der Waals surface area contributed by atoms with E-state index in [1.54, 1.807) is 4.90 Å². The van der Waals surface area contributed by atoms with Gasteiger partial charge in [0.15, 0.2) is 11.5 Å². The molecule has 1 N–H and O–H groups in total. The van der Waals surface area contributed by atoms with Gasteiger partial charge in [0.2, 0.25) is 0 Å². The Morgan fingerprint density at radius 2 is 2.26 bits per heavy atom. The molecule has 7 heteroatoms. The minimum Gasteiger partial charge on any atom is -0.493 e. The van der Waals surface area contributed by atoms with Crippen molar-refractivity contribution in [3.63, 3.8) is 0 Å². The molecule has 0 spiro atoms. The number of piperazine rings is 1. The third-order valence-corrected chi connectivity index (χ3v) is 5.41. The number of aryl methyl sites for hydroxylation is 1. The average molecular weight is 424 g/mol. The van der Waals surface area contributed by atoms with Crippen molar-refractivity contribution in [3.05, 3.63) is 60.0 Å². The summed E-state index contributed by atoms with van der Waals surface area (Å²) in [5.41, 5.74) is 2.68. The molecular weight excluding hydrogens is 394 g/mol. The van der Waals surface area contributed by atoms with Crippen molar-refractivity contribution < 1.29 is 18.7 Å². The van der Waals surface area contributed by atoms with Crippen LogP contribution in [-0.2, 0) is 11.2 Å². The third kappa shape index (κ3) is 5.76. The Labute approximate surface area is 182 Å². The van der Waals surface area contributed by atoms with E-state index in [9.17, 15) is 4.79 Å². The van der Waals surface area contributed by atoms with Crippen LogP contribution in [0.25, 0.3) is 11.1 Å². The maximum Gasteiger partial charge on any atom is 0.410 e. The highest BCUT2D eigenvalue weighted by molar-refractivity contribution is 5.74. The summed E-state index contributed by atoms with van der Waals surface area (Å²) < 4.78 is 17.1. The number of nitrogens with zero attached hydrogens (tertiary/aromatic N) is 2. The zero-order valence-corrected chi connectivity index (χ0v) is 17.9. The Morgan fingerprint density at radius 3 is 3.16 bits per heavy atom. The van der Waals surface area contributed by atoms with E-state index < -0.39 is 0 Å². The highest BCUT2D eigenvalue weighted by Gasteiger charge is 2.24. The number of ether oxygens (including phenoxy) is 2. The summed E-state index contributed by atoms with van der Waals surface area (Å²) in [6.45, 7) is 4.91. The van der Waals surface area contributed by atoms with E-state index in [4.69, 9.17) is 13.9 Å². The number of aromatic nitrogens is 1. The summed E-state index contributed by atoms with van der Waals surface area (Å²) in [5.74, 6) is 1.50. The van der Waals surface area contributed by atoms with Crippen molar-refractivity contribution in [1.82, 2.24) is 15.2 Å². The summed E-state index contributed by atoms with van der Waals surface area (Å²) in [5, 5.41) is 3.46. The monoisotopic (exact) mass is 423 g/mol. The Kier molecular flexibility index (Phi) is 7.04. The van der Waals surface area contributed by atoms with Gasteiger partial charge in [-0.2, -0.15) is 0 Å². The van der Waals surface area contributed by atoms with Gasteiger partial charge in [-0.25, -0.2) is 9.78 Å². The predicted molar refractivity (Wildman–Crippen MR) is 119 cm³/mol. The van der Waals surface area contributed by atoms with Crippen molar-refractivity contribution in [3.8, 4) is 5.75 Å². The molecule has 7 nitrogen and oxygen atoms in total. The molecule has 1 atom stereocenters. The lowest BCUT2D eigenvalue weighted by Crippen LogP contribution is -2.53. The number of rotatable bonds is 7. The number of carbonyl (C=O) groups excluding carboxylic acids is 1. The van der Waals surface area contributed by atoms with Crippen LogP contribution in [0.2, 0.25) is 0 Å². The van der Waals surface area contributed by atoms with Crippen LogP contribution in [0.4, 0.5) is 4.79 Å². The Morgan fingerprint density at radius 1 is 1.32 bits per heavy atom. The maximum atomic E-state index is 12.5. The van der Waals surface area contributed by atoms with Gasteiger partial charge in [-0.3, -0.25) is 0 Å². The van der Waals surface area contributed by atoms with Crippen LogP contribution < -0.4 is 10.1 Å². The molecule has 2 aliphatic rings. The van der Waals surface area contributed by atoms with Crippen LogP contribution in [0.1, 0.15) is 25.7 Å². The van der Waals surface area contributed by atoms with E-state index in [2.05, 4.69) is 16.4 Å². The number of fused-ring (bicyclic) bond motifs is 1. The maximum absolute atomic E-state index is 12.5. The fraction of sp³-hybridized carbons (Fsp3) is 0.417. The minimum absolute atomic E-state index is 0.173. The number of hydrogen-bond acceptors (Lipinski definition) is 6. The van der Waals surface area contributed by atoms with Crippen molar-refractivity contribution in [1.29, 1.82) is 0 Å². The molecule has 0 saturated carbocycles. The molecule has 1 aromatic carbocycles. The summed E-state index contributed by atoms with van der Waals surface area (Å²) in [4.78, 5) is 18.7. The molecule has 1 unspecified atom stereocenters. The van der Waals surface area contributed by atoms with Gasteiger partial charge < -0.3 is 24.1 Å². The topological polar surface area (TPSA) is 76.8 Å². The molecule has 0 radical (unpaired) electrons. The Balaban J connectivity index is 1.22. The van der Waals surface area contributed by atoms with Crippen molar-refractivity contribution in [2.45, 2.75) is 32.2 Å². The predicted octanol–water partition coefficient (Wildman–Crippen LogP) is 4.01. The van der Waals surface area contributed by atoms with Crippen LogP contribution in [0.5, 0.6) is 5.75 Å². The zero-order chi connectivity index (χ0) is 21.5. The van der Waals surface area contributed by atoms with E-state index in [-0.39, 0.29) is 12.1 Å². The summed E-state index contributed by atoms with van der Waals surface area (Å²) >= 11 is 0. The third-order valence-electron chi connectivity index (χ3n) is 5.41. The summed E-state index contributed by atoms with van der Waals surface area (Å²) in [7, 11) is 0. The fourth-order valence-corrected chi connectivity index (χ4v) is 3.67. The summed E-state index contributed by atoms with van der Waals surface area (Å²) in [6.07, 6.45) is 12.1. The van der Waals surface area contributed by atoms with Crippen molar-refractivity contribution >= 4 is 17.2 Å². The lowest BCUT2D eigenvalue weighted by atomic mass is 10.1. The molecule has 2 heterocycles. The normalized spacial score (nSPS) is 18.7. The number of nitrogens with one attached hydrogen (secondary N) is 1. The molecule has 1 aromatic heterocycles. The van der Waals surface area contributed by atoms with Crippen LogP contribution in [-0.4, -0.2) is 54.9 Å². The van der Waals surface area contributed by atoms with E-state index >= 15 is 0 Å². The molecule has 4 rings (SSSR count). The molecule has 2 aromatic rings. The van der Waals surface area contributed by atoms with Gasteiger partial charge in [0, 0.05) is 38.2 Å². The molecule has 1 aliphatic carbocycles. The summed E-state index contributed by atoms with van der Waals surface area (Å²) in [6, 6.07) is 5.87. The van der Waals surface area contributed by atoms with Gasteiger partial charge in [-0.15, -0.1) is 0 Å². The van der Waals surface area contributed by atoms with Crippen LogP contribution in [0, 0.1) is 0 Å². The van der Waals surface area contributed by atoms with Crippen molar-refractivity contribution in [2.75, 3.05) is 32.8 Å². The van der Waals surface area contributed by atoms with E-state index in [0.29, 0.717) is 26.3 Å². The number of hydrogen-bond donors (Lipinski definition) is 1. The standard InChI is InChI=1S/C24H29N3O4/c1-2-23-26-21-15-20(9-10-22(21)31-23)29-14-11-19-16-27(13-12-25-19)24(28)30-17-18-7-5-3-4-6-8-18/h3-7,9-10,15,19,25H,2,8,11-14,16-17H2,1H3. The van der Waals surface area contributed by atoms with Gasteiger partial charge in [-0.1, -0.05) is 37.3 Å². The second-order valence-corrected chi connectivity index (χ2v) is 7.72. The number of amides is 1. The second-order valence-electron chi connectivity index (χ2n) is 7.72. The first-order chi connectivity index (χ1) is 15.2. The highest BCUT2D eigenvalue weighted by atomic mass is 16.6. The largest absolute Gasteiger partial charge is 0.493 e.